The zero-order valence-electron chi connectivity index (χ0n) is 13.6. The number of amides is 2. The molecule has 1 aromatic carbocycles. The maximum Gasteiger partial charge on any atom is 0.358 e. The molecule has 2 amide bonds. The third kappa shape index (κ3) is 5.10. The molecule has 1 heterocycles. The molecule has 0 fully saturated rings. The quantitative estimate of drug-likeness (QED) is 0.720. The fourth-order valence-corrected chi connectivity index (χ4v) is 2.56. The number of carbonyl (C=O) groups excluding carboxylic acids is 3. The van der Waals surface area contributed by atoms with Crippen molar-refractivity contribution >= 4 is 34.8 Å². The van der Waals surface area contributed by atoms with E-state index in [9.17, 15) is 14.4 Å². The number of aromatic nitrogens is 1. The van der Waals surface area contributed by atoms with E-state index < -0.39 is 23.9 Å². The highest BCUT2D eigenvalue weighted by molar-refractivity contribution is 7.09. The standard InChI is InChI=1S/C16H17N3O5S/c1-9(24-16(22)12-8-25-13(19-12)7-23-2)15(21)18-11-5-3-10(4-6-11)14(17)20/h3-6,8-9H,7H2,1-2H3,(H2,17,20)(H,18,21). The van der Waals surface area contributed by atoms with Gasteiger partial charge in [0.2, 0.25) is 5.91 Å². The predicted octanol–water partition coefficient (Wildman–Crippen LogP) is 1.57. The highest BCUT2D eigenvalue weighted by atomic mass is 32.1. The summed E-state index contributed by atoms with van der Waals surface area (Å²) < 4.78 is 10.0. The van der Waals surface area contributed by atoms with Gasteiger partial charge in [0.15, 0.2) is 11.8 Å². The van der Waals surface area contributed by atoms with Crippen LogP contribution >= 0.6 is 11.3 Å². The number of esters is 1. The molecular weight excluding hydrogens is 346 g/mol. The third-order valence-corrected chi connectivity index (χ3v) is 3.94. The molecule has 132 valence electrons. The number of methoxy groups -OCH3 is 1. The van der Waals surface area contributed by atoms with Crippen LogP contribution in [0.3, 0.4) is 0 Å². The van der Waals surface area contributed by atoms with Gasteiger partial charge in [0.25, 0.3) is 5.91 Å². The number of nitrogens with zero attached hydrogens (tertiary/aromatic N) is 1. The molecule has 8 nitrogen and oxygen atoms in total. The molecule has 2 rings (SSSR count). The number of benzene rings is 1. The van der Waals surface area contributed by atoms with E-state index in [-0.39, 0.29) is 5.69 Å². The lowest BCUT2D eigenvalue weighted by atomic mass is 10.2. The number of nitrogens with one attached hydrogen (secondary N) is 1. The van der Waals surface area contributed by atoms with E-state index in [0.29, 0.717) is 22.9 Å². The highest BCUT2D eigenvalue weighted by Crippen LogP contribution is 2.14. The van der Waals surface area contributed by atoms with E-state index in [1.54, 1.807) is 5.38 Å². The van der Waals surface area contributed by atoms with E-state index in [0.717, 1.165) is 0 Å². The van der Waals surface area contributed by atoms with Crippen molar-refractivity contribution in [3.05, 3.63) is 45.9 Å². The molecule has 0 radical (unpaired) electrons. The van der Waals surface area contributed by atoms with E-state index >= 15 is 0 Å². The Bertz CT molecular complexity index is 772. The smallest absolute Gasteiger partial charge is 0.358 e. The summed E-state index contributed by atoms with van der Waals surface area (Å²) in [6.07, 6.45) is -1.02. The Hall–Kier alpha value is -2.78. The van der Waals surface area contributed by atoms with Gasteiger partial charge in [0.1, 0.15) is 5.01 Å². The second-order valence-corrected chi connectivity index (χ2v) is 5.98. The molecule has 3 N–H and O–H groups in total. The van der Waals surface area contributed by atoms with Crippen molar-refractivity contribution in [2.45, 2.75) is 19.6 Å². The van der Waals surface area contributed by atoms with Gasteiger partial charge in [0, 0.05) is 23.7 Å². The molecule has 0 aliphatic carbocycles. The minimum Gasteiger partial charge on any atom is -0.448 e. The number of primary amides is 1. The summed E-state index contributed by atoms with van der Waals surface area (Å²) in [5.74, 6) is -1.76. The van der Waals surface area contributed by atoms with Crippen molar-refractivity contribution in [3.63, 3.8) is 0 Å². The zero-order valence-corrected chi connectivity index (χ0v) is 14.5. The van der Waals surface area contributed by atoms with Crippen molar-refractivity contribution in [2.24, 2.45) is 5.73 Å². The molecule has 0 saturated heterocycles. The maximum absolute atomic E-state index is 12.1. The lowest BCUT2D eigenvalue weighted by Gasteiger charge is -2.13. The van der Waals surface area contributed by atoms with Crippen LogP contribution in [0, 0.1) is 0 Å². The summed E-state index contributed by atoms with van der Waals surface area (Å²) >= 11 is 1.27. The molecule has 0 aliphatic heterocycles. The first-order valence-electron chi connectivity index (χ1n) is 7.25. The summed E-state index contributed by atoms with van der Waals surface area (Å²) in [6, 6.07) is 6.04. The van der Waals surface area contributed by atoms with Crippen molar-refractivity contribution in [1.82, 2.24) is 4.98 Å². The van der Waals surface area contributed by atoms with Gasteiger partial charge in [-0.3, -0.25) is 9.59 Å². The van der Waals surface area contributed by atoms with Gasteiger partial charge in [-0.15, -0.1) is 11.3 Å². The lowest BCUT2D eigenvalue weighted by Crippen LogP contribution is -2.30. The van der Waals surface area contributed by atoms with Crippen LogP contribution in [0.1, 0.15) is 32.8 Å². The van der Waals surface area contributed by atoms with Crippen LogP contribution < -0.4 is 11.1 Å². The number of ether oxygens (including phenoxy) is 2. The van der Waals surface area contributed by atoms with Crippen LogP contribution in [-0.4, -0.2) is 36.0 Å². The topological polar surface area (TPSA) is 121 Å². The van der Waals surface area contributed by atoms with Crippen molar-refractivity contribution in [1.29, 1.82) is 0 Å². The van der Waals surface area contributed by atoms with Gasteiger partial charge in [-0.1, -0.05) is 0 Å². The first-order valence-corrected chi connectivity index (χ1v) is 8.13. The minimum atomic E-state index is -1.02. The number of rotatable bonds is 7. The Kier molecular flexibility index (Phi) is 6.20. The molecule has 0 spiro atoms. The molecule has 0 aliphatic rings. The molecule has 1 aromatic heterocycles. The normalized spacial score (nSPS) is 11.6. The van der Waals surface area contributed by atoms with Gasteiger partial charge in [-0.05, 0) is 31.2 Å². The summed E-state index contributed by atoms with van der Waals surface area (Å²) in [5, 5.41) is 4.77. The van der Waals surface area contributed by atoms with E-state index in [2.05, 4.69) is 10.3 Å². The second kappa shape index (κ2) is 8.36. The number of nitrogens with two attached hydrogens (primary N) is 1. The Balaban J connectivity index is 1.92. The Morgan fingerprint density at radius 1 is 1.28 bits per heavy atom. The van der Waals surface area contributed by atoms with Crippen LogP contribution in [0.5, 0.6) is 0 Å². The fraction of sp³-hybridized carbons (Fsp3) is 0.250. The number of anilines is 1. The minimum absolute atomic E-state index is 0.127. The average molecular weight is 363 g/mol. The fourth-order valence-electron chi connectivity index (χ4n) is 1.83. The van der Waals surface area contributed by atoms with Crippen LogP contribution in [0.25, 0.3) is 0 Å². The maximum atomic E-state index is 12.1. The zero-order chi connectivity index (χ0) is 18.4. The number of thiazole rings is 1. The van der Waals surface area contributed by atoms with Gasteiger partial charge >= 0.3 is 5.97 Å². The lowest BCUT2D eigenvalue weighted by molar-refractivity contribution is -0.123. The van der Waals surface area contributed by atoms with E-state index in [4.69, 9.17) is 15.2 Å². The van der Waals surface area contributed by atoms with Crippen molar-refractivity contribution in [2.75, 3.05) is 12.4 Å². The van der Waals surface area contributed by atoms with Gasteiger partial charge < -0.3 is 20.5 Å². The summed E-state index contributed by atoms with van der Waals surface area (Å²) in [6.45, 7) is 1.75. The summed E-state index contributed by atoms with van der Waals surface area (Å²) in [5.41, 5.74) is 6.05. The van der Waals surface area contributed by atoms with E-state index in [1.165, 1.54) is 49.6 Å². The number of carbonyl (C=O) groups is 3. The van der Waals surface area contributed by atoms with Gasteiger partial charge in [-0.25, -0.2) is 9.78 Å². The number of hydrogen-bond acceptors (Lipinski definition) is 7. The molecule has 1 atom stereocenters. The number of hydrogen-bond donors (Lipinski definition) is 2. The Morgan fingerprint density at radius 3 is 2.56 bits per heavy atom. The first kappa shape index (κ1) is 18.6. The van der Waals surface area contributed by atoms with Crippen molar-refractivity contribution < 1.29 is 23.9 Å². The molecule has 9 heteroatoms. The molecule has 25 heavy (non-hydrogen) atoms. The van der Waals surface area contributed by atoms with Gasteiger partial charge in [-0.2, -0.15) is 0 Å². The monoisotopic (exact) mass is 363 g/mol. The Labute approximate surface area is 148 Å². The highest BCUT2D eigenvalue weighted by Gasteiger charge is 2.21. The molecular formula is C16H17N3O5S. The molecule has 2 aromatic rings. The molecule has 0 saturated carbocycles. The van der Waals surface area contributed by atoms with Crippen molar-refractivity contribution in [3.8, 4) is 0 Å². The second-order valence-electron chi connectivity index (χ2n) is 5.04. The summed E-state index contributed by atoms with van der Waals surface area (Å²) in [4.78, 5) is 39.2. The first-order chi connectivity index (χ1) is 11.9. The van der Waals surface area contributed by atoms with Crippen LogP contribution in [-0.2, 0) is 20.9 Å². The SMILES string of the molecule is COCc1nc(C(=O)OC(C)C(=O)Nc2ccc(C(N)=O)cc2)cs1. The summed E-state index contributed by atoms with van der Waals surface area (Å²) in [7, 11) is 1.53. The molecule has 1 unspecified atom stereocenters. The largest absolute Gasteiger partial charge is 0.448 e. The van der Waals surface area contributed by atoms with Crippen LogP contribution in [0.15, 0.2) is 29.6 Å². The Morgan fingerprint density at radius 2 is 1.96 bits per heavy atom. The molecule has 0 bridgehead atoms. The third-order valence-electron chi connectivity index (χ3n) is 3.12. The van der Waals surface area contributed by atoms with Gasteiger partial charge in [0.05, 0.1) is 6.61 Å². The van der Waals surface area contributed by atoms with Crippen LogP contribution in [0.2, 0.25) is 0 Å². The van der Waals surface area contributed by atoms with E-state index in [1.807, 2.05) is 0 Å². The average Bonchev–Trinajstić information content (AvgIpc) is 3.04. The van der Waals surface area contributed by atoms with Crippen LogP contribution in [0.4, 0.5) is 5.69 Å². The predicted molar refractivity (Wildman–Crippen MR) is 91.3 cm³/mol.